The van der Waals surface area contributed by atoms with E-state index in [9.17, 15) is 23.2 Å². The third-order valence-electron chi connectivity index (χ3n) is 1.81. The summed E-state index contributed by atoms with van der Waals surface area (Å²) < 4.78 is 30.3. The molecule has 18 heavy (non-hydrogen) atoms. The minimum Gasteiger partial charge on any atom is -0.428 e. The number of amides is 1. The number of carbonyl (C=O) groups is 3. The minimum atomic E-state index is -3.73. The van der Waals surface area contributed by atoms with E-state index >= 15 is 0 Å². The average molecular weight is 275 g/mol. The highest BCUT2D eigenvalue weighted by molar-refractivity contribution is 8.27. The molecule has 0 unspecified atom stereocenters. The second-order valence-electron chi connectivity index (χ2n) is 3.15. The zero-order chi connectivity index (χ0) is 13.8. The van der Waals surface area contributed by atoms with E-state index in [1.807, 2.05) is 11.2 Å². The van der Waals surface area contributed by atoms with Gasteiger partial charge in [-0.1, -0.05) is 0 Å². The first-order valence-electron chi connectivity index (χ1n) is 4.62. The smallest absolute Gasteiger partial charge is 0.381 e. The fourth-order valence-electron chi connectivity index (χ4n) is 0.933. The summed E-state index contributed by atoms with van der Waals surface area (Å²) in [5, 5.41) is 0.661. The van der Waals surface area contributed by atoms with Crippen LogP contribution in [0.2, 0.25) is 0 Å². The maximum absolute atomic E-state index is 13.1. The molecule has 1 fully saturated rings. The van der Waals surface area contributed by atoms with Gasteiger partial charge in [-0.3, -0.25) is 9.59 Å². The van der Waals surface area contributed by atoms with Crippen LogP contribution in [0.15, 0.2) is 12.0 Å². The van der Waals surface area contributed by atoms with Crippen LogP contribution in [-0.2, 0) is 14.3 Å². The largest absolute Gasteiger partial charge is 0.428 e. The van der Waals surface area contributed by atoms with E-state index in [-0.39, 0.29) is 12.1 Å². The van der Waals surface area contributed by atoms with Crippen molar-refractivity contribution in [3.05, 3.63) is 12.0 Å². The number of halogens is 2. The van der Waals surface area contributed by atoms with Crippen molar-refractivity contribution >= 4 is 28.1 Å². The van der Waals surface area contributed by atoms with Gasteiger partial charge in [0.25, 0.3) is 5.24 Å². The van der Waals surface area contributed by atoms with Crippen molar-refractivity contribution in [3.8, 4) is 12.3 Å². The molecular formula is C10H7F2NO4S. The number of alkyl halides is 2. The normalized spacial score (nSPS) is 17.5. The van der Waals surface area contributed by atoms with Crippen molar-refractivity contribution in [2.45, 2.75) is 18.8 Å². The van der Waals surface area contributed by atoms with Crippen LogP contribution in [0.5, 0.6) is 0 Å². The van der Waals surface area contributed by atoms with E-state index in [0.29, 0.717) is 18.0 Å². The number of carbonyl (C=O) groups excluding carboxylic acids is 3. The van der Waals surface area contributed by atoms with Gasteiger partial charge in [0.2, 0.25) is 5.12 Å². The summed E-state index contributed by atoms with van der Waals surface area (Å²) in [7, 11) is 0. The predicted octanol–water partition coefficient (Wildman–Crippen LogP) is 1.40. The molecule has 1 aliphatic heterocycles. The molecule has 1 amide bonds. The number of hydrogen-bond acceptors (Lipinski definition) is 5. The Bertz CT molecular complexity index is 467. The zero-order valence-corrected chi connectivity index (χ0v) is 9.68. The van der Waals surface area contributed by atoms with Gasteiger partial charge in [-0.15, -0.1) is 12.3 Å². The van der Waals surface area contributed by atoms with Gasteiger partial charge in [-0.2, -0.15) is 8.78 Å². The zero-order valence-electron chi connectivity index (χ0n) is 8.87. The molecule has 5 nitrogen and oxygen atoms in total. The summed E-state index contributed by atoms with van der Waals surface area (Å²) in [6, 6.07) is 0. The molecule has 1 rings (SSSR count). The fourth-order valence-corrected chi connectivity index (χ4v) is 1.47. The average Bonchev–Trinajstić information content (AvgIpc) is 2.62. The lowest BCUT2D eigenvalue weighted by Crippen LogP contribution is -2.29. The van der Waals surface area contributed by atoms with Crippen LogP contribution in [-0.4, -0.2) is 22.2 Å². The number of thioether (sulfide) groups is 1. The second kappa shape index (κ2) is 5.64. The minimum absolute atomic E-state index is 0.288. The number of terminal acetylenes is 1. The lowest BCUT2D eigenvalue weighted by atomic mass is 10.2. The molecule has 0 spiro atoms. The maximum Gasteiger partial charge on any atom is 0.381 e. The van der Waals surface area contributed by atoms with E-state index in [1.54, 1.807) is 0 Å². The molecule has 1 saturated heterocycles. The molecule has 8 heteroatoms. The van der Waals surface area contributed by atoms with Gasteiger partial charge in [0.05, 0.1) is 0 Å². The molecule has 0 aliphatic carbocycles. The maximum atomic E-state index is 13.1. The molecule has 1 heterocycles. The molecule has 0 radical (unpaired) electrons. The van der Waals surface area contributed by atoms with Crippen molar-refractivity contribution < 1.29 is 27.9 Å². The highest BCUT2D eigenvalue weighted by Gasteiger charge is 2.40. The first-order chi connectivity index (χ1) is 8.36. The summed E-state index contributed by atoms with van der Waals surface area (Å²) in [6.45, 7) is 0. The lowest BCUT2D eigenvalue weighted by molar-refractivity contribution is -0.166. The summed E-state index contributed by atoms with van der Waals surface area (Å²) in [5.41, 5.74) is -0.355. The second-order valence-corrected chi connectivity index (χ2v) is 4.09. The Labute approximate surface area is 105 Å². The van der Waals surface area contributed by atoms with Crippen LogP contribution >= 0.6 is 11.8 Å². The molecule has 0 saturated carbocycles. The first kappa shape index (κ1) is 14.2. The van der Waals surface area contributed by atoms with Crippen molar-refractivity contribution in [3.63, 3.8) is 0 Å². The van der Waals surface area contributed by atoms with Gasteiger partial charge in [-0.25, -0.2) is 4.79 Å². The van der Waals surface area contributed by atoms with Crippen LogP contribution in [0, 0.1) is 12.3 Å². The van der Waals surface area contributed by atoms with Gasteiger partial charge >= 0.3 is 11.9 Å². The fraction of sp³-hybridized carbons (Fsp3) is 0.300. The monoisotopic (exact) mass is 275 g/mol. The standard InChI is InChI=1S/C10H7F2NO4S/c1-2-3-4-10(11,12)8(15)17-5-6-7(14)18-9(16)13-6/h1,5H,3-4H2,(H,13,16). The van der Waals surface area contributed by atoms with E-state index in [0.717, 1.165) is 0 Å². The number of rotatable bonds is 4. The molecule has 1 N–H and O–H groups in total. The molecule has 1 aliphatic rings. The van der Waals surface area contributed by atoms with E-state index < -0.39 is 28.7 Å². The topological polar surface area (TPSA) is 72.5 Å². The Morgan fingerprint density at radius 3 is 2.72 bits per heavy atom. The third-order valence-corrected chi connectivity index (χ3v) is 2.50. The van der Waals surface area contributed by atoms with E-state index in [1.165, 1.54) is 0 Å². The van der Waals surface area contributed by atoms with Crippen molar-refractivity contribution in [1.29, 1.82) is 0 Å². The molecule has 0 aromatic rings. The SMILES string of the molecule is C#CCCC(F)(F)C(=O)OC=C1NC(=O)SC1=O. The Morgan fingerprint density at radius 1 is 1.56 bits per heavy atom. The molecule has 0 atom stereocenters. The third kappa shape index (κ3) is 3.56. The van der Waals surface area contributed by atoms with Crippen molar-refractivity contribution in [1.82, 2.24) is 5.32 Å². The first-order valence-corrected chi connectivity index (χ1v) is 5.44. The quantitative estimate of drug-likeness (QED) is 0.363. The highest BCUT2D eigenvalue weighted by Crippen LogP contribution is 2.23. The molecule has 0 bridgehead atoms. The van der Waals surface area contributed by atoms with Gasteiger partial charge in [0, 0.05) is 24.6 Å². The number of ether oxygens (including phenoxy) is 1. The van der Waals surface area contributed by atoms with Crippen LogP contribution in [0.4, 0.5) is 13.6 Å². The van der Waals surface area contributed by atoms with Gasteiger partial charge in [-0.05, 0) is 0 Å². The Hall–Kier alpha value is -1.88. The number of esters is 1. The molecule has 96 valence electrons. The lowest BCUT2D eigenvalue weighted by Gasteiger charge is -2.11. The Balaban J connectivity index is 2.61. The summed E-state index contributed by atoms with van der Waals surface area (Å²) in [5.74, 6) is -3.59. The number of hydrogen-bond donors (Lipinski definition) is 1. The Morgan fingerprint density at radius 2 is 2.22 bits per heavy atom. The summed E-state index contributed by atoms with van der Waals surface area (Å²) in [4.78, 5) is 32.8. The van der Waals surface area contributed by atoms with Crippen LogP contribution in [0.25, 0.3) is 0 Å². The van der Waals surface area contributed by atoms with Gasteiger partial charge < -0.3 is 10.1 Å². The Kier molecular flexibility index (Phi) is 4.44. The van der Waals surface area contributed by atoms with E-state index in [2.05, 4.69) is 4.74 Å². The van der Waals surface area contributed by atoms with Gasteiger partial charge in [0.15, 0.2) is 0 Å². The van der Waals surface area contributed by atoms with Gasteiger partial charge in [0.1, 0.15) is 12.0 Å². The van der Waals surface area contributed by atoms with Crippen LogP contribution < -0.4 is 5.32 Å². The van der Waals surface area contributed by atoms with Crippen molar-refractivity contribution in [2.24, 2.45) is 0 Å². The van der Waals surface area contributed by atoms with E-state index in [4.69, 9.17) is 6.42 Å². The van der Waals surface area contributed by atoms with Crippen LogP contribution in [0.3, 0.4) is 0 Å². The molecule has 0 aromatic carbocycles. The predicted molar refractivity (Wildman–Crippen MR) is 58.3 cm³/mol. The molecule has 0 aromatic heterocycles. The summed E-state index contributed by atoms with van der Waals surface area (Å²) in [6.07, 6.45) is 4.16. The number of nitrogens with one attached hydrogen (secondary N) is 1. The highest BCUT2D eigenvalue weighted by atomic mass is 32.2. The summed E-state index contributed by atoms with van der Waals surface area (Å²) >= 11 is 0.339. The van der Waals surface area contributed by atoms with Crippen molar-refractivity contribution in [2.75, 3.05) is 0 Å². The van der Waals surface area contributed by atoms with Crippen LogP contribution in [0.1, 0.15) is 12.8 Å². The molecular weight excluding hydrogens is 268 g/mol.